The smallest absolute Gasteiger partial charge is 0.245 e. The summed E-state index contributed by atoms with van der Waals surface area (Å²) in [6.45, 7) is 0.146. The highest BCUT2D eigenvalue weighted by atomic mass is 32.1. The summed E-state index contributed by atoms with van der Waals surface area (Å²) < 4.78 is 17.9. The van der Waals surface area contributed by atoms with Crippen molar-refractivity contribution >= 4 is 22.4 Å². The van der Waals surface area contributed by atoms with Crippen LogP contribution in [0.4, 0.5) is 9.52 Å². The monoisotopic (exact) mass is 309 g/mol. The van der Waals surface area contributed by atoms with Crippen molar-refractivity contribution in [3.63, 3.8) is 0 Å². The SMILES string of the molecule is COCC(N)C(=O)Nc1ncc(Cc2cccc(F)c2)s1. The second-order valence-electron chi connectivity index (χ2n) is 4.49. The number of benzene rings is 1. The first kappa shape index (κ1) is 15.6. The highest BCUT2D eigenvalue weighted by molar-refractivity contribution is 7.15. The average molecular weight is 309 g/mol. The number of amides is 1. The minimum Gasteiger partial charge on any atom is -0.383 e. The molecule has 1 atom stereocenters. The predicted molar refractivity (Wildman–Crippen MR) is 79.8 cm³/mol. The highest BCUT2D eigenvalue weighted by Gasteiger charge is 2.14. The Kier molecular flexibility index (Phi) is 5.38. The van der Waals surface area contributed by atoms with E-state index in [0.717, 1.165) is 10.4 Å². The highest BCUT2D eigenvalue weighted by Crippen LogP contribution is 2.21. The molecule has 5 nitrogen and oxygen atoms in total. The lowest BCUT2D eigenvalue weighted by atomic mass is 10.1. The van der Waals surface area contributed by atoms with Gasteiger partial charge in [-0.2, -0.15) is 0 Å². The topological polar surface area (TPSA) is 77.2 Å². The van der Waals surface area contributed by atoms with Crippen molar-refractivity contribution in [2.45, 2.75) is 12.5 Å². The van der Waals surface area contributed by atoms with Crippen LogP contribution in [0.3, 0.4) is 0 Å². The fourth-order valence-corrected chi connectivity index (χ4v) is 2.60. The fourth-order valence-electron chi connectivity index (χ4n) is 1.75. The van der Waals surface area contributed by atoms with Crippen LogP contribution in [0.1, 0.15) is 10.4 Å². The maximum atomic E-state index is 13.1. The molecule has 2 aromatic rings. The number of ether oxygens (including phenoxy) is 1. The number of hydrogen-bond acceptors (Lipinski definition) is 5. The molecule has 0 spiro atoms. The van der Waals surface area contributed by atoms with Crippen molar-refractivity contribution in [1.82, 2.24) is 4.98 Å². The van der Waals surface area contributed by atoms with Gasteiger partial charge in [0.15, 0.2) is 5.13 Å². The van der Waals surface area contributed by atoms with Gasteiger partial charge >= 0.3 is 0 Å². The quantitative estimate of drug-likeness (QED) is 0.853. The first-order chi connectivity index (χ1) is 10.1. The molecule has 0 bridgehead atoms. The van der Waals surface area contributed by atoms with Gasteiger partial charge in [0, 0.05) is 24.6 Å². The van der Waals surface area contributed by atoms with Gasteiger partial charge in [0.05, 0.1) is 6.61 Å². The van der Waals surface area contributed by atoms with Gasteiger partial charge in [0.2, 0.25) is 5.91 Å². The van der Waals surface area contributed by atoms with Gasteiger partial charge in [-0.3, -0.25) is 4.79 Å². The van der Waals surface area contributed by atoms with E-state index in [4.69, 9.17) is 10.5 Å². The Morgan fingerprint density at radius 2 is 2.38 bits per heavy atom. The zero-order chi connectivity index (χ0) is 15.2. The van der Waals surface area contributed by atoms with Crippen molar-refractivity contribution < 1.29 is 13.9 Å². The maximum absolute atomic E-state index is 13.1. The van der Waals surface area contributed by atoms with Crippen molar-refractivity contribution in [2.75, 3.05) is 19.0 Å². The average Bonchev–Trinajstić information content (AvgIpc) is 2.86. The number of halogens is 1. The van der Waals surface area contributed by atoms with Gasteiger partial charge in [0.1, 0.15) is 11.9 Å². The molecule has 21 heavy (non-hydrogen) atoms. The third-order valence-corrected chi connectivity index (χ3v) is 3.65. The molecule has 0 aliphatic heterocycles. The maximum Gasteiger partial charge on any atom is 0.245 e. The lowest BCUT2D eigenvalue weighted by Gasteiger charge is -2.08. The molecule has 1 unspecified atom stereocenters. The number of thiazole rings is 1. The summed E-state index contributed by atoms with van der Waals surface area (Å²) in [5.41, 5.74) is 6.47. The van der Waals surface area contributed by atoms with Crippen molar-refractivity contribution in [3.05, 3.63) is 46.7 Å². The standard InChI is InChI=1S/C14H16FN3O2S/c1-20-8-12(16)13(19)18-14-17-7-11(21-14)6-9-3-2-4-10(15)5-9/h2-5,7,12H,6,8,16H2,1H3,(H,17,18,19). The van der Waals surface area contributed by atoms with Crippen molar-refractivity contribution in [1.29, 1.82) is 0 Å². The molecule has 0 aliphatic carbocycles. The van der Waals surface area contributed by atoms with Crippen molar-refractivity contribution in [2.24, 2.45) is 5.73 Å². The van der Waals surface area contributed by atoms with E-state index < -0.39 is 6.04 Å². The number of rotatable bonds is 6. The molecular formula is C14H16FN3O2S. The molecule has 1 heterocycles. The third-order valence-electron chi connectivity index (χ3n) is 2.73. The normalized spacial score (nSPS) is 12.1. The molecule has 1 amide bonds. The van der Waals surface area contributed by atoms with Crippen LogP contribution in [-0.2, 0) is 16.0 Å². The van der Waals surface area contributed by atoms with Crippen molar-refractivity contribution in [3.8, 4) is 0 Å². The number of anilines is 1. The van der Waals surface area contributed by atoms with E-state index in [1.807, 2.05) is 6.07 Å². The predicted octanol–water partition coefficient (Wildman–Crippen LogP) is 1.79. The third kappa shape index (κ3) is 4.59. The molecule has 1 aromatic heterocycles. The Labute approximate surface area is 126 Å². The van der Waals surface area contributed by atoms with E-state index in [-0.39, 0.29) is 18.3 Å². The molecule has 0 radical (unpaired) electrons. The molecule has 0 saturated carbocycles. The fraction of sp³-hybridized carbons (Fsp3) is 0.286. The van der Waals surface area contributed by atoms with E-state index in [2.05, 4.69) is 10.3 Å². The summed E-state index contributed by atoms with van der Waals surface area (Å²) >= 11 is 1.34. The summed E-state index contributed by atoms with van der Waals surface area (Å²) in [7, 11) is 1.48. The zero-order valence-corrected chi connectivity index (χ0v) is 12.3. The van der Waals surface area contributed by atoms with Crippen LogP contribution in [0.25, 0.3) is 0 Å². The van der Waals surface area contributed by atoms with E-state index in [0.29, 0.717) is 11.6 Å². The molecule has 2 rings (SSSR count). The summed E-state index contributed by atoms with van der Waals surface area (Å²) in [6, 6.07) is 5.66. The first-order valence-corrected chi connectivity index (χ1v) is 7.14. The lowest BCUT2D eigenvalue weighted by Crippen LogP contribution is -2.39. The minimum absolute atomic E-state index is 0.146. The van der Waals surface area contributed by atoms with Crippen LogP contribution in [0.5, 0.6) is 0 Å². The molecule has 1 aromatic carbocycles. The van der Waals surface area contributed by atoms with Crippen LogP contribution in [0.15, 0.2) is 30.5 Å². The Hall–Kier alpha value is -1.83. The number of carbonyl (C=O) groups is 1. The summed E-state index contributed by atoms with van der Waals surface area (Å²) in [5.74, 6) is -0.611. The van der Waals surface area contributed by atoms with E-state index in [9.17, 15) is 9.18 Å². The summed E-state index contributed by atoms with van der Waals surface area (Å²) in [6.07, 6.45) is 2.22. The number of aromatic nitrogens is 1. The number of nitrogens with one attached hydrogen (secondary N) is 1. The Morgan fingerprint density at radius 1 is 1.57 bits per heavy atom. The first-order valence-electron chi connectivity index (χ1n) is 6.33. The number of carbonyl (C=O) groups excluding carboxylic acids is 1. The van der Waals surface area contributed by atoms with E-state index in [1.165, 1.54) is 30.6 Å². The lowest BCUT2D eigenvalue weighted by molar-refractivity contribution is -0.118. The molecule has 0 saturated heterocycles. The molecule has 112 valence electrons. The van der Waals surface area contributed by atoms with Crippen LogP contribution in [0, 0.1) is 5.82 Å². The van der Waals surface area contributed by atoms with Crippen LogP contribution >= 0.6 is 11.3 Å². The zero-order valence-electron chi connectivity index (χ0n) is 11.5. The van der Waals surface area contributed by atoms with Gasteiger partial charge in [-0.25, -0.2) is 9.37 Å². The Balaban J connectivity index is 1.97. The molecule has 0 aliphatic rings. The number of nitrogens with zero attached hydrogens (tertiary/aromatic N) is 1. The summed E-state index contributed by atoms with van der Waals surface area (Å²) in [5, 5.41) is 3.10. The number of methoxy groups -OCH3 is 1. The minimum atomic E-state index is -0.731. The van der Waals surface area contributed by atoms with Gasteiger partial charge in [-0.1, -0.05) is 12.1 Å². The van der Waals surface area contributed by atoms with Crippen LogP contribution < -0.4 is 11.1 Å². The Morgan fingerprint density at radius 3 is 3.10 bits per heavy atom. The number of nitrogens with two attached hydrogens (primary N) is 1. The molecule has 7 heteroatoms. The largest absolute Gasteiger partial charge is 0.383 e. The second-order valence-corrected chi connectivity index (χ2v) is 5.60. The molecule has 3 N–H and O–H groups in total. The Bertz CT molecular complexity index is 618. The van der Waals surface area contributed by atoms with E-state index in [1.54, 1.807) is 12.3 Å². The van der Waals surface area contributed by atoms with Gasteiger partial charge < -0.3 is 15.8 Å². The molecule has 0 fully saturated rings. The van der Waals surface area contributed by atoms with Crippen LogP contribution in [-0.4, -0.2) is 30.6 Å². The van der Waals surface area contributed by atoms with Crippen LogP contribution in [0.2, 0.25) is 0 Å². The van der Waals surface area contributed by atoms with Gasteiger partial charge in [-0.05, 0) is 17.7 Å². The van der Waals surface area contributed by atoms with Gasteiger partial charge in [-0.15, -0.1) is 11.3 Å². The number of hydrogen-bond donors (Lipinski definition) is 2. The molecular weight excluding hydrogens is 293 g/mol. The summed E-state index contributed by atoms with van der Waals surface area (Å²) in [4.78, 5) is 16.8. The van der Waals surface area contributed by atoms with Gasteiger partial charge in [0.25, 0.3) is 0 Å². The second kappa shape index (κ2) is 7.26. The van der Waals surface area contributed by atoms with E-state index >= 15 is 0 Å².